The third-order valence-electron chi connectivity index (χ3n) is 3.68. The molecule has 140 valence electrons. The van der Waals surface area contributed by atoms with E-state index < -0.39 is 0 Å². The molecular weight excluding hydrogens is 342 g/mol. The number of hydrogen-bond acceptors (Lipinski definition) is 4. The summed E-state index contributed by atoms with van der Waals surface area (Å²) >= 11 is 0. The van der Waals surface area contributed by atoms with Gasteiger partial charge >= 0.3 is 5.97 Å². The molecule has 0 aliphatic rings. The van der Waals surface area contributed by atoms with Crippen molar-refractivity contribution < 1.29 is 19.1 Å². The summed E-state index contributed by atoms with van der Waals surface area (Å²) in [5.74, 6) is 0.0855. The van der Waals surface area contributed by atoms with Crippen molar-refractivity contribution in [3.8, 4) is 5.75 Å². The summed E-state index contributed by atoms with van der Waals surface area (Å²) in [5.41, 5.74) is 3.42. The van der Waals surface area contributed by atoms with E-state index in [0.29, 0.717) is 18.0 Å². The second-order valence-electron chi connectivity index (χ2n) is 5.78. The van der Waals surface area contributed by atoms with Gasteiger partial charge in [-0.3, -0.25) is 4.79 Å². The average molecular weight is 365 g/mol. The van der Waals surface area contributed by atoms with Crippen molar-refractivity contribution in [3.05, 3.63) is 71.3 Å². The highest BCUT2D eigenvalue weighted by Crippen LogP contribution is 2.21. The van der Waals surface area contributed by atoms with Gasteiger partial charge in [-0.15, -0.1) is 0 Å². The number of carbonyl (C=O) groups is 2. The number of carbonyl (C=O) groups excluding carboxylic acids is 2. The van der Waals surface area contributed by atoms with Gasteiger partial charge in [0.1, 0.15) is 5.75 Å². The predicted molar refractivity (Wildman–Crippen MR) is 108 cm³/mol. The number of benzene rings is 2. The molecule has 2 aromatic carbocycles. The number of hydrogen-bond donors (Lipinski definition) is 1. The standard InChI is InChI=1S/C22H23NO4/c1-4-27-22(25)14-8-17-6-10-19(11-7-17)23-21(24)13-9-18-15-16(2)5-12-20(18)26-3/h5-15H,4H2,1-3H3,(H,23,24)/b13-9+,14-8+. The molecule has 27 heavy (non-hydrogen) atoms. The zero-order chi connectivity index (χ0) is 19.6. The van der Waals surface area contributed by atoms with Crippen LogP contribution in [0.5, 0.6) is 5.75 Å². The second-order valence-corrected chi connectivity index (χ2v) is 5.78. The number of amides is 1. The van der Waals surface area contributed by atoms with E-state index in [9.17, 15) is 9.59 Å². The van der Waals surface area contributed by atoms with Gasteiger partial charge in [-0.25, -0.2) is 4.79 Å². The van der Waals surface area contributed by atoms with E-state index in [0.717, 1.165) is 16.7 Å². The van der Waals surface area contributed by atoms with Crippen molar-refractivity contribution in [1.29, 1.82) is 0 Å². The molecule has 0 fully saturated rings. The van der Waals surface area contributed by atoms with Gasteiger partial charge < -0.3 is 14.8 Å². The highest BCUT2D eigenvalue weighted by molar-refractivity contribution is 6.02. The molecule has 2 rings (SSSR count). The summed E-state index contributed by atoms with van der Waals surface area (Å²) in [6.45, 7) is 4.08. The number of nitrogens with one attached hydrogen (secondary N) is 1. The maximum atomic E-state index is 12.1. The molecule has 1 amide bonds. The summed E-state index contributed by atoms with van der Waals surface area (Å²) in [6.07, 6.45) is 6.21. The number of methoxy groups -OCH3 is 1. The Kier molecular flexibility index (Phi) is 7.37. The molecule has 0 unspecified atom stereocenters. The molecule has 0 spiro atoms. The molecule has 0 aliphatic heterocycles. The topological polar surface area (TPSA) is 64.6 Å². The summed E-state index contributed by atoms with van der Waals surface area (Å²) in [5, 5.41) is 2.79. The zero-order valence-electron chi connectivity index (χ0n) is 15.7. The monoisotopic (exact) mass is 365 g/mol. The van der Waals surface area contributed by atoms with Gasteiger partial charge in [-0.05, 0) is 55.8 Å². The minimum absolute atomic E-state index is 0.242. The first-order valence-electron chi connectivity index (χ1n) is 8.60. The number of ether oxygens (including phenoxy) is 2. The molecular formula is C22H23NO4. The van der Waals surface area contributed by atoms with Crippen LogP contribution >= 0.6 is 0 Å². The van der Waals surface area contributed by atoms with Gasteiger partial charge in [0.25, 0.3) is 0 Å². The lowest BCUT2D eigenvalue weighted by molar-refractivity contribution is -0.137. The fourth-order valence-electron chi connectivity index (χ4n) is 2.37. The number of esters is 1. The molecule has 2 aromatic rings. The van der Waals surface area contributed by atoms with E-state index in [1.165, 1.54) is 12.2 Å². The summed E-state index contributed by atoms with van der Waals surface area (Å²) in [6, 6.07) is 12.9. The third-order valence-corrected chi connectivity index (χ3v) is 3.68. The Hall–Kier alpha value is -3.34. The molecule has 0 heterocycles. The van der Waals surface area contributed by atoms with Crippen LogP contribution in [0.25, 0.3) is 12.2 Å². The number of rotatable bonds is 7. The molecule has 5 heteroatoms. The maximum Gasteiger partial charge on any atom is 0.330 e. The summed E-state index contributed by atoms with van der Waals surface area (Å²) in [4.78, 5) is 23.4. The molecule has 0 saturated carbocycles. The maximum absolute atomic E-state index is 12.1. The average Bonchev–Trinajstić information content (AvgIpc) is 2.66. The third kappa shape index (κ3) is 6.47. The van der Waals surface area contributed by atoms with Crippen molar-refractivity contribution in [1.82, 2.24) is 0 Å². The first-order valence-corrected chi connectivity index (χ1v) is 8.60. The minimum Gasteiger partial charge on any atom is -0.496 e. The van der Waals surface area contributed by atoms with Crippen LogP contribution < -0.4 is 10.1 Å². The SMILES string of the molecule is CCOC(=O)/C=C/c1ccc(NC(=O)/C=C/c2cc(C)ccc2OC)cc1. The van der Waals surface area contributed by atoms with Gasteiger partial charge in [-0.1, -0.05) is 23.8 Å². The first kappa shape index (κ1) is 20.0. The van der Waals surface area contributed by atoms with Crippen LogP contribution in [0.15, 0.2) is 54.6 Å². The van der Waals surface area contributed by atoms with Crippen LogP contribution in [0, 0.1) is 6.92 Å². The molecule has 1 N–H and O–H groups in total. The minimum atomic E-state index is -0.383. The van der Waals surface area contributed by atoms with Crippen molar-refractivity contribution in [2.24, 2.45) is 0 Å². The smallest absolute Gasteiger partial charge is 0.330 e. The highest BCUT2D eigenvalue weighted by Gasteiger charge is 2.02. The molecule has 0 aromatic heterocycles. The molecule has 5 nitrogen and oxygen atoms in total. The van der Waals surface area contributed by atoms with E-state index >= 15 is 0 Å². The van der Waals surface area contributed by atoms with E-state index in [1.807, 2.05) is 25.1 Å². The van der Waals surface area contributed by atoms with E-state index in [4.69, 9.17) is 9.47 Å². The summed E-state index contributed by atoms with van der Waals surface area (Å²) in [7, 11) is 1.60. The predicted octanol–water partition coefficient (Wildman–Crippen LogP) is 4.23. The van der Waals surface area contributed by atoms with E-state index in [2.05, 4.69) is 5.32 Å². The van der Waals surface area contributed by atoms with E-state index in [-0.39, 0.29) is 11.9 Å². The van der Waals surface area contributed by atoms with Crippen LogP contribution in [0.4, 0.5) is 5.69 Å². The molecule has 0 radical (unpaired) electrons. The van der Waals surface area contributed by atoms with Crippen LogP contribution in [-0.2, 0) is 14.3 Å². The Labute approximate surface area is 159 Å². The van der Waals surface area contributed by atoms with Crippen LogP contribution in [0.2, 0.25) is 0 Å². The van der Waals surface area contributed by atoms with Gasteiger partial charge in [0.05, 0.1) is 13.7 Å². The van der Waals surface area contributed by atoms with Crippen molar-refractivity contribution >= 4 is 29.7 Å². The Bertz CT molecular complexity index is 851. The highest BCUT2D eigenvalue weighted by atomic mass is 16.5. The van der Waals surface area contributed by atoms with Crippen molar-refractivity contribution in [3.63, 3.8) is 0 Å². The van der Waals surface area contributed by atoms with E-state index in [1.54, 1.807) is 50.5 Å². The van der Waals surface area contributed by atoms with Gasteiger partial charge in [0.15, 0.2) is 0 Å². The quantitative estimate of drug-likeness (QED) is 0.589. The van der Waals surface area contributed by atoms with Gasteiger partial charge in [0.2, 0.25) is 5.91 Å². The lowest BCUT2D eigenvalue weighted by atomic mass is 10.1. The zero-order valence-corrected chi connectivity index (χ0v) is 15.7. The normalized spacial score (nSPS) is 10.9. The Balaban J connectivity index is 1.98. The van der Waals surface area contributed by atoms with Gasteiger partial charge in [0, 0.05) is 23.4 Å². The number of anilines is 1. The van der Waals surface area contributed by atoms with Crippen molar-refractivity contribution in [2.75, 3.05) is 19.0 Å². The lowest BCUT2D eigenvalue weighted by Gasteiger charge is -2.06. The largest absolute Gasteiger partial charge is 0.496 e. The molecule has 0 atom stereocenters. The summed E-state index contributed by atoms with van der Waals surface area (Å²) < 4.78 is 10.1. The Morgan fingerprint density at radius 2 is 1.78 bits per heavy atom. The fourth-order valence-corrected chi connectivity index (χ4v) is 2.37. The van der Waals surface area contributed by atoms with Crippen molar-refractivity contribution in [2.45, 2.75) is 13.8 Å². The van der Waals surface area contributed by atoms with Crippen LogP contribution in [0.3, 0.4) is 0 Å². The fraction of sp³-hybridized carbons (Fsp3) is 0.182. The molecule has 0 bridgehead atoms. The Morgan fingerprint density at radius 1 is 1.04 bits per heavy atom. The molecule has 0 aliphatic carbocycles. The van der Waals surface area contributed by atoms with Gasteiger partial charge in [-0.2, -0.15) is 0 Å². The second kappa shape index (κ2) is 9.97. The molecule has 0 saturated heterocycles. The first-order chi connectivity index (χ1) is 13.0. The Morgan fingerprint density at radius 3 is 2.44 bits per heavy atom. The van der Waals surface area contributed by atoms with Crippen LogP contribution in [-0.4, -0.2) is 25.6 Å². The van der Waals surface area contributed by atoms with Crippen LogP contribution in [0.1, 0.15) is 23.6 Å². The number of aryl methyl sites for hydroxylation is 1. The lowest BCUT2D eigenvalue weighted by Crippen LogP contribution is -2.07.